The van der Waals surface area contributed by atoms with E-state index in [0.717, 1.165) is 15.0 Å². The molecule has 1 aromatic carbocycles. The van der Waals surface area contributed by atoms with Crippen LogP contribution in [0.2, 0.25) is 0 Å². The van der Waals surface area contributed by atoms with E-state index in [1.807, 2.05) is 37.3 Å². The molecule has 0 aliphatic rings. The summed E-state index contributed by atoms with van der Waals surface area (Å²) in [5.41, 5.74) is 1.05. The van der Waals surface area contributed by atoms with Gasteiger partial charge in [0.05, 0.1) is 17.8 Å². The zero-order valence-corrected chi connectivity index (χ0v) is 14.2. The predicted molar refractivity (Wildman–Crippen MR) is 91.4 cm³/mol. The smallest absolute Gasteiger partial charge is 0.267 e. The molecule has 0 radical (unpaired) electrons. The molecule has 3 aromatic heterocycles. The number of benzene rings is 1. The number of nitrogens with zero attached hydrogens (tertiary/aromatic N) is 7. The molecular formula is C14H11N7OS2. The summed E-state index contributed by atoms with van der Waals surface area (Å²) in [6.07, 6.45) is 1.52. The highest BCUT2D eigenvalue weighted by molar-refractivity contribution is 8.00. The predicted octanol–water partition coefficient (Wildman–Crippen LogP) is 1.89. The standard InChI is InChI=1S/C14H11N7OS2/c1-9-16-18-14(24-9)23-8-20-13(22)11-7-15-21(12(11)17-19-20)10-5-3-2-4-6-10/h2-7H,8H2,1H3. The van der Waals surface area contributed by atoms with Gasteiger partial charge in [-0.2, -0.15) is 9.78 Å². The zero-order valence-electron chi connectivity index (χ0n) is 12.5. The lowest BCUT2D eigenvalue weighted by Crippen LogP contribution is -2.23. The molecule has 24 heavy (non-hydrogen) atoms. The van der Waals surface area contributed by atoms with E-state index in [1.165, 1.54) is 34.0 Å². The van der Waals surface area contributed by atoms with E-state index in [0.29, 0.717) is 16.9 Å². The number of hydrogen-bond acceptors (Lipinski definition) is 8. The lowest BCUT2D eigenvalue weighted by atomic mass is 10.3. The van der Waals surface area contributed by atoms with Crippen molar-refractivity contribution in [3.05, 3.63) is 51.9 Å². The highest BCUT2D eigenvalue weighted by Gasteiger charge is 2.13. The van der Waals surface area contributed by atoms with E-state index in [4.69, 9.17) is 0 Å². The van der Waals surface area contributed by atoms with Crippen LogP contribution in [-0.2, 0) is 5.88 Å². The van der Waals surface area contributed by atoms with Gasteiger partial charge < -0.3 is 0 Å². The van der Waals surface area contributed by atoms with Crippen LogP contribution >= 0.6 is 23.1 Å². The highest BCUT2D eigenvalue weighted by atomic mass is 32.2. The van der Waals surface area contributed by atoms with Crippen molar-refractivity contribution in [2.45, 2.75) is 17.1 Å². The molecule has 4 aromatic rings. The van der Waals surface area contributed by atoms with Crippen LogP contribution < -0.4 is 5.56 Å². The Balaban J connectivity index is 1.67. The van der Waals surface area contributed by atoms with Crippen LogP contribution in [0, 0.1) is 6.92 Å². The van der Waals surface area contributed by atoms with Gasteiger partial charge in [-0.25, -0.2) is 4.68 Å². The van der Waals surface area contributed by atoms with Crippen LogP contribution in [0.25, 0.3) is 16.7 Å². The first-order chi connectivity index (χ1) is 11.7. The second-order valence-corrected chi connectivity index (χ2v) is 7.26. The Morgan fingerprint density at radius 1 is 1.17 bits per heavy atom. The summed E-state index contributed by atoms with van der Waals surface area (Å²) in [6.45, 7) is 1.89. The molecule has 3 heterocycles. The van der Waals surface area contributed by atoms with Gasteiger partial charge in [0.15, 0.2) is 9.99 Å². The number of aromatic nitrogens is 7. The molecule has 0 aliphatic carbocycles. The minimum atomic E-state index is -0.226. The molecule has 0 bridgehead atoms. The van der Waals surface area contributed by atoms with Gasteiger partial charge in [-0.05, 0) is 19.1 Å². The van der Waals surface area contributed by atoms with Crippen molar-refractivity contribution in [1.82, 2.24) is 35.0 Å². The van der Waals surface area contributed by atoms with Gasteiger partial charge in [-0.15, -0.1) is 15.3 Å². The Bertz CT molecular complexity index is 1050. The summed E-state index contributed by atoms with van der Waals surface area (Å²) < 4.78 is 3.71. The third-order valence-corrected chi connectivity index (χ3v) is 5.21. The van der Waals surface area contributed by atoms with Crippen LogP contribution in [0.15, 0.2) is 45.7 Å². The minimum Gasteiger partial charge on any atom is -0.267 e. The van der Waals surface area contributed by atoms with Crippen molar-refractivity contribution in [3.8, 4) is 5.69 Å². The van der Waals surface area contributed by atoms with Crippen LogP contribution in [-0.4, -0.2) is 35.0 Å². The lowest BCUT2D eigenvalue weighted by molar-refractivity contribution is 0.640. The first-order valence-electron chi connectivity index (χ1n) is 7.02. The second kappa shape index (κ2) is 6.13. The van der Waals surface area contributed by atoms with Crippen molar-refractivity contribution >= 4 is 34.1 Å². The maximum atomic E-state index is 12.6. The third kappa shape index (κ3) is 2.69. The summed E-state index contributed by atoms with van der Waals surface area (Å²) in [7, 11) is 0. The van der Waals surface area contributed by atoms with E-state index in [1.54, 1.807) is 4.68 Å². The molecule has 120 valence electrons. The van der Waals surface area contributed by atoms with Gasteiger partial charge >= 0.3 is 0 Å². The second-order valence-electron chi connectivity index (χ2n) is 4.88. The van der Waals surface area contributed by atoms with Crippen LogP contribution in [0.1, 0.15) is 5.01 Å². The van der Waals surface area contributed by atoms with Crippen LogP contribution in [0.3, 0.4) is 0 Å². The van der Waals surface area contributed by atoms with E-state index in [-0.39, 0.29) is 5.56 Å². The topological polar surface area (TPSA) is 91.4 Å². The zero-order chi connectivity index (χ0) is 16.5. The first kappa shape index (κ1) is 15.0. The fraction of sp³-hybridized carbons (Fsp3) is 0.143. The quantitative estimate of drug-likeness (QED) is 0.515. The van der Waals surface area contributed by atoms with Gasteiger partial charge in [0, 0.05) is 0 Å². The molecule has 0 atom stereocenters. The van der Waals surface area contributed by atoms with Crippen LogP contribution in [0.4, 0.5) is 0 Å². The molecule has 0 saturated heterocycles. The average Bonchev–Trinajstić information content (AvgIpc) is 3.22. The maximum absolute atomic E-state index is 12.6. The Labute approximate surface area is 144 Å². The normalized spacial score (nSPS) is 11.2. The summed E-state index contributed by atoms with van der Waals surface area (Å²) in [6, 6.07) is 9.51. The van der Waals surface area contributed by atoms with Gasteiger partial charge in [-0.1, -0.05) is 46.5 Å². The van der Waals surface area contributed by atoms with Crippen molar-refractivity contribution < 1.29 is 0 Å². The monoisotopic (exact) mass is 357 g/mol. The van der Waals surface area contributed by atoms with Gasteiger partial charge in [0.2, 0.25) is 0 Å². The molecule has 10 heteroatoms. The molecule has 0 unspecified atom stereocenters. The van der Waals surface area contributed by atoms with Gasteiger partial charge in [0.1, 0.15) is 10.4 Å². The molecule has 0 amide bonds. The number of para-hydroxylation sites is 1. The molecule has 0 saturated carbocycles. The number of aryl methyl sites for hydroxylation is 1. The molecule has 0 aliphatic heterocycles. The van der Waals surface area contributed by atoms with Crippen molar-refractivity contribution in [2.75, 3.05) is 0 Å². The summed E-state index contributed by atoms with van der Waals surface area (Å²) in [5.74, 6) is 0.326. The number of rotatable bonds is 4. The molecule has 0 N–H and O–H groups in total. The Hall–Kier alpha value is -2.59. The molecule has 8 nitrogen and oxygen atoms in total. The summed E-state index contributed by atoms with van der Waals surface area (Å²) >= 11 is 2.88. The molecule has 0 spiro atoms. The number of fused-ring (bicyclic) bond motifs is 1. The minimum absolute atomic E-state index is 0.226. The molecular weight excluding hydrogens is 346 g/mol. The number of hydrogen-bond donors (Lipinski definition) is 0. The molecule has 0 fully saturated rings. The van der Waals surface area contributed by atoms with Crippen molar-refractivity contribution in [3.63, 3.8) is 0 Å². The van der Waals surface area contributed by atoms with Gasteiger partial charge in [0.25, 0.3) is 5.56 Å². The fourth-order valence-corrected chi connectivity index (χ4v) is 3.83. The van der Waals surface area contributed by atoms with Crippen molar-refractivity contribution in [2.24, 2.45) is 0 Å². The highest BCUT2D eigenvalue weighted by Crippen LogP contribution is 2.22. The first-order valence-corrected chi connectivity index (χ1v) is 8.82. The van der Waals surface area contributed by atoms with E-state index in [2.05, 4.69) is 25.6 Å². The average molecular weight is 357 g/mol. The lowest BCUT2D eigenvalue weighted by Gasteiger charge is -2.03. The Morgan fingerprint density at radius 3 is 2.75 bits per heavy atom. The van der Waals surface area contributed by atoms with Crippen molar-refractivity contribution in [1.29, 1.82) is 0 Å². The third-order valence-electron chi connectivity index (χ3n) is 3.27. The maximum Gasteiger partial charge on any atom is 0.281 e. The summed E-state index contributed by atoms with van der Waals surface area (Å²) in [5, 5.41) is 21.7. The SMILES string of the molecule is Cc1nnc(SCn2nnc3c(cnn3-c3ccccc3)c2=O)s1. The summed E-state index contributed by atoms with van der Waals surface area (Å²) in [4.78, 5) is 12.6. The van der Waals surface area contributed by atoms with Gasteiger partial charge in [-0.3, -0.25) is 4.79 Å². The largest absolute Gasteiger partial charge is 0.281 e. The van der Waals surface area contributed by atoms with Crippen LogP contribution in [0.5, 0.6) is 0 Å². The van der Waals surface area contributed by atoms with E-state index >= 15 is 0 Å². The fourth-order valence-electron chi connectivity index (χ4n) is 2.16. The van der Waals surface area contributed by atoms with E-state index < -0.39 is 0 Å². The Morgan fingerprint density at radius 2 is 2.00 bits per heavy atom. The Kier molecular flexibility index (Phi) is 3.82. The van der Waals surface area contributed by atoms with E-state index in [9.17, 15) is 4.79 Å². The number of thioether (sulfide) groups is 1. The molecule has 4 rings (SSSR count).